The van der Waals surface area contributed by atoms with Crippen molar-refractivity contribution in [3.63, 3.8) is 0 Å². The van der Waals surface area contributed by atoms with E-state index in [1.807, 2.05) is 11.8 Å². The van der Waals surface area contributed by atoms with Gasteiger partial charge in [-0.05, 0) is 144 Å². The molecule has 0 aromatic heterocycles. The van der Waals surface area contributed by atoms with Crippen molar-refractivity contribution in [2.24, 2.45) is 0 Å². The first-order chi connectivity index (χ1) is 34.2. The largest absolute Gasteiger partial charge is 0.457 e. The Balaban J connectivity index is 0.972. The fraction of sp³-hybridized carbons (Fsp3) is 0.0303. The maximum absolute atomic E-state index is 6.73. The van der Waals surface area contributed by atoms with Gasteiger partial charge in [-0.15, -0.1) is 0 Å². The number of anilines is 3. The van der Waals surface area contributed by atoms with Crippen LogP contribution in [0.5, 0.6) is 11.5 Å². The van der Waals surface area contributed by atoms with E-state index in [4.69, 9.17) is 4.74 Å². The molecule has 322 valence electrons. The lowest BCUT2D eigenvalue weighted by Gasteiger charge is -2.40. The first kappa shape index (κ1) is 38.7. The fourth-order valence-corrected chi connectivity index (χ4v) is 13.8. The lowest BCUT2D eigenvalue weighted by molar-refractivity contribution is 0.436. The summed E-state index contributed by atoms with van der Waals surface area (Å²) in [5.74, 6) is 1.78. The minimum atomic E-state index is -0.595. The zero-order valence-electron chi connectivity index (χ0n) is 37.4. The van der Waals surface area contributed by atoms with E-state index in [1.54, 1.807) is 0 Å². The van der Waals surface area contributed by atoms with Crippen molar-refractivity contribution in [1.82, 2.24) is 0 Å². The number of hydrogen-bond acceptors (Lipinski definition) is 3. The number of fused-ring (bicyclic) bond motifs is 19. The number of ether oxygens (including phenoxy) is 1. The minimum absolute atomic E-state index is 0.454. The summed E-state index contributed by atoms with van der Waals surface area (Å²) < 4.78 is 6.73. The van der Waals surface area contributed by atoms with Crippen LogP contribution in [0.2, 0.25) is 0 Å². The first-order valence-corrected chi connectivity index (χ1v) is 24.6. The van der Waals surface area contributed by atoms with Gasteiger partial charge in [-0.25, -0.2) is 0 Å². The standard InChI is InChI=1S/C66H41NOS/c1-2-16-44-39-45(30-29-42(44)15-1)43-31-33-46(34-32-43)67(47-36-38-55-52(40-47)50-18-4-6-20-54(50)65(55)58-23-9-13-27-63(58)69-64-28-14-10-24-59(64)65)48-35-37-51-49-17-3-5-19-53(49)66(60(51)41-48)56-21-7-11-25-61(56)68-62-26-12-8-22-57(62)66/h1-41H. The van der Waals surface area contributed by atoms with Gasteiger partial charge in [0, 0.05) is 38.0 Å². The Bertz CT molecular complexity index is 3850. The molecule has 0 radical (unpaired) electrons. The monoisotopic (exact) mass is 895 g/mol. The Kier molecular flexibility index (Phi) is 8.17. The lowest BCUT2D eigenvalue weighted by atomic mass is 9.66. The zero-order valence-corrected chi connectivity index (χ0v) is 38.3. The summed E-state index contributed by atoms with van der Waals surface area (Å²) in [7, 11) is 0. The molecule has 15 rings (SSSR count). The highest BCUT2D eigenvalue weighted by Crippen LogP contribution is 2.65. The van der Waals surface area contributed by atoms with E-state index in [0.29, 0.717) is 0 Å². The summed E-state index contributed by atoms with van der Waals surface area (Å²) in [6, 6.07) is 92.4. The van der Waals surface area contributed by atoms with Gasteiger partial charge in [-0.1, -0.05) is 194 Å². The van der Waals surface area contributed by atoms with E-state index in [9.17, 15) is 0 Å². The SMILES string of the molecule is c1ccc2c(c1)Oc1ccccc1C21c2ccccc2-c2ccc(N(c3ccc(-c4ccc5ccccc5c4)cc3)c3ccc4c(c3)-c3ccccc3C43c4ccccc4Sc4ccccc43)cc21. The van der Waals surface area contributed by atoms with Gasteiger partial charge in [0.05, 0.1) is 10.8 Å². The lowest BCUT2D eigenvalue weighted by Crippen LogP contribution is -2.32. The second kappa shape index (κ2) is 14.6. The quantitative estimate of drug-likeness (QED) is 0.175. The van der Waals surface area contributed by atoms with Crippen molar-refractivity contribution in [3.8, 4) is 44.9 Å². The molecule has 2 aliphatic heterocycles. The predicted molar refractivity (Wildman–Crippen MR) is 283 cm³/mol. The van der Waals surface area contributed by atoms with Crippen LogP contribution in [0.25, 0.3) is 44.2 Å². The Hall–Kier alpha value is -8.37. The normalized spacial score (nSPS) is 14.4. The molecule has 4 aliphatic rings. The summed E-state index contributed by atoms with van der Waals surface area (Å²) in [4.78, 5) is 5.09. The van der Waals surface area contributed by atoms with Crippen LogP contribution in [0.4, 0.5) is 17.1 Å². The van der Waals surface area contributed by atoms with Gasteiger partial charge in [0.15, 0.2) is 0 Å². The Morgan fingerprint density at radius 3 is 1.43 bits per heavy atom. The molecular weight excluding hydrogens is 855 g/mol. The Labute approximate surface area is 405 Å². The maximum Gasteiger partial charge on any atom is 0.132 e. The zero-order chi connectivity index (χ0) is 45.3. The molecule has 0 unspecified atom stereocenters. The van der Waals surface area contributed by atoms with Crippen molar-refractivity contribution < 1.29 is 4.74 Å². The molecule has 0 N–H and O–H groups in total. The highest BCUT2D eigenvalue weighted by atomic mass is 32.2. The summed E-state index contributed by atoms with van der Waals surface area (Å²) in [5.41, 5.74) is 19.8. The molecule has 0 bridgehead atoms. The summed E-state index contributed by atoms with van der Waals surface area (Å²) >= 11 is 1.88. The third-order valence-corrected chi connectivity index (χ3v) is 16.5. The van der Waals surface area contributed by atoms with Crippen molar-refractivity contribution >= 4 is 39.6 Å². The van der Waals surface area contributed by atoms with Crippen LogP contribution in [0.15, 0.2) is 259 Å². The van der Waals surface area contributed by atoms with Crippen molar-refractivity contribution in [2.45, 2.75) is 20.6 Å². The van der Waals surface area contributed by atoms with Crippen LogP contribution in [0.1, 0.15) is 44.5 Å². The number of benzene rings is 11. The van der Waals surface area contributed by atoms with Crippen molar-refractivity contribution in [2.75, 3.05) is 4.90 Å². The fourth-order valence-electron chi connectivity index (χ4n) is 12.6. The maximum atomic E-state index is 6.73. The number of rotatable bonds is 4. The third-order valence-electron chi connectivity index (χ3n) is 15.4. The summed E-state index contributed by atoms with van der Waals surface area (Å²) in [5, 5.41) is 2.48. The number of para-hydroxylation sites is 2. The average Bonchev–Trinajstić information content (AvgIpc) is 3.86. The van der Waals surface area contributed by atoms with Crippen molar-refractivity contribution in [1.29, 1.82) is 0 Å². The molecule has 2 nitrogen and oxygen atoms in total. The van der Waals surface area contributed by atoms with Crippen LogP contribution in [0, 0.1) is 0 Å². The van der Waals surface area contributed by atoms with Gasteiger partial charge in [-0.2, -0.15) is 0 Å². The second-order valence-corrected chi connectivity index (χ2v) is 19.8. The molecule has 2 spiro atoms. The van der Waals surface area contributed by atoms with E-state index >= 15 is 0 Å². The van der Waals surface area contributed by atoms with E-state index in [1.165, 1.54) is 87.3 Å². The second-order valence-electron chi connectivity index (χ2n) is 18.7. The minimum Gasteiger partial charge on any atom is -0.457 e. The molecule has 3 heteroatoms. The molecule has 0 atom stereocenters. The molecule has 69 heavy (non-hydrogen) atoms. The van der Waals surface area contributed by atoms with Gasteiger partial charge in [-0.3, -0.25) is 0 Å². The van der Waals surface area contributed by atoms with Crippen LogP contribution >= 0.6 is 11.8 Å². The van der Waals surface area contributed by atoms with Gasteiger partial charge < -0.3 is 9.64 Å². The van der Waals surface area contributed by atoms with E-state index in [2.05, 4.69) is 254 Å². The molecule has 0 saturated heterocycles. The van der Waals surface area contributed by atoms with Crippen LogP contribution in [-0.2, 0) is 10.8 Å². The molecule has 0 saturated carbocycles. The highest BCUT2D eigenvalue weighted by Gasteiger charge is 2.52. The van der Waals surface area contributed by atoms with Crippen LogP contribution in [0.3, 0.4) is 0 Å². The van der Waals surface area contributed by atoms with Gasteiger partial charge in [0.2, 0.25) is 0 Å². The van der Waals surface area contributed by atoms with E-state index in [0.717, 1.165) is 39.7 Å². The first-order valence-electron chi connectivity index (χ1n) is 23.8. The molecule has 2 aliphatic carbocycles. The number of nitrogens with zero attached hydrogens (tertiary/aromatic N) is 1. The molecular formula is C66H41NOS. The Morgan fingerprint density at radius 2 is 0.754 bits per heavy atom. The van der Waals surface area contributed by atoms with E-state index in [-0.39, 0.29) is 0 Å². The molecule has 0 fully saturated rings. The van der Waals surface area contributed by atoms with Gasteiger partial charge in [0.25, 0.3) is 0 Å². The van der Waals surface area contributed by atoms with Gasteiger partial charge >= 0.3 is 0 Å². The van der Waals surface area contributed by atoms with Crippen LogP contribution in [-0.4, -0.2) is 0 Å². The summed E-state index contributed by atoms with van der Waals surface area (Å²) in [6.45, 7) is 0. The molecule has 11 aromatic carbocycles. The average molecular weight is 896 g/mol. The predicted octanol–water partition coefficient (Wildman–Crippen LogP) is 17.3. The number of hydrogen-bond donors (Lipinski definition) is 0. The molecule has 0 amide bonds. The van der Waals surface area contributed by atoms with Crippen molar-refractivity contribution in [3.05, 3.63) is 293 Å². The molecule has 11 aromatic rings. The molecule has 2 heterocycles. The Morgan fingerprint density at radius 1 is 0.290 bits per heavy atom. The topological polar surface area (TPSA) is 12.5 Å². The van der Waals surface area contributed by atoms with Gasteiger partial charge in [0.1, 0.15) is 11.5 Å². The van der Waals surface area contributed by atoms with Crippen LogP contribution < -0.4 is 9.64 Å². The summed E-state index contributed by atoms with van der Waals surface area (Å²) in [6.07, 6.45) is 0. The smallest absolute Gasteiger partial charge is 0.132 e. The third kappa shape index (κ3) is 5.28. The highest BCUT2D eigenvalue weighted by molar-refractivity contribution is 7.99. The van der Waals surface area contributed by atoms with E-state index < -0.39 is 10.8 Å².